The predicted octanol–water partition coefficient (Wildman–Crippen LogP) is 4.31. The molecule has 2 nitrogen and oxygen atoms in total. The number of halogens is 1. The van der Waals surface area contributed by atoms with E-state index in [1.54, 1.807) is 0 Å². The van der Waals surface area contributed by atoms with Crippen LogP contribution in [0, 0.1) is 11.8 Å². The highest BCUT2D eigenvalue weighted by Crippen LogP contribution is 2.39. The lowest BCUT2D eigenvalue weighted by molar-refractivity contribution is 0.0906. The summed E-state index contributed by atoms with van der Waals surface area (Å²) in [5.41, 5.74) is 2.17. The van der Waals surface area contributed by atoms with Gasteiger partial charge >= 0.3 is 0 Å². The summed E-state index contributed by atoms with van der Waals surface area (Å²) >= 11 is 3.43. The van der Waals surface area contributed by atoms with Gasteiger partial charge in [0.2, 0.25) is 0 Å². The maximum Gasteiger partial charge on any atom is 0.167 e. The van der Waals surface area contributed by atoms with Crippen molar-refractivity contribution in [3.63, 3.8) is 0 Å². The maximum absolute atomic E-state index is 12.9. The highest BCUT2D eigenvalue weighted by atomic mass is 79.9. The second kappa shape index (κ2) is 6.05. The molecule has 0 spiro atoms. The summed E-state index contributed by atoms with van der Waals surface area (Å²) in [5, 5.41) is 0. The Bertz CT molecular complexity index is 559. The van der Waals surface area contributed by atoms with E-state index in [1.807, 2.05) is 24.3 Å². The molecule has 0 N–H and O–H groups in total. The van der Waals surface area contributed by atoms with Gasteiger partial charge in [0.15, 0.2) is 5.78 Å². The lowest BCUT2D eigenvalue weighted by atomic mass is 9.83. The van der Waals surface area contributed by atoms with Gasteiger partial charge in [-0.2, -0.15) is 0 Å². The first kappa shape index (κ1) is 15.0. The molecule has 2 aliphatic heterocycles. The zero-order valence-electron chi connectivity index (χ0n) is 12.7. The number of ketones is 1. The van der Waals surface area contributed by atoms with Gasteiger partial charge in [0, 0.05) is 34.5 Å². The van der Waals surface area contributed by atoms with Gasteiger partial charge in [-0.05, 0) is 45.4 Å². The largest absolute Gasteiger partial charge is 0.299 e. The van der Waals surface area contributed by atoms with Crippen molar-refractivity contribution in [2.24, 2.45) is 11.8 Å². The van der Waals surface area contributed by atoms with Crippen LogP contribution in [0.15, 0.2) is 40.4 Å². The number of fused-ring (bicyclic) bond motifs is 1. The molecule has 3 heteroatoms. The lowest BCUT2D eigenvalue weighted by Gasteiger charge is -2.20. The minimum atomic E-state index is 0.117. The van der Waals surface area contributed by atoms with Crippen molar-refractivity contribution in [2.75, 3.05) is 13.1 Å². The molecule has 1 aromatic rings. The quantitative estimate of drug-likeness (QED) is 0.599. The third-order valence-corrected chi connectivity index (χ3v) is 5.27. The topological polar surface area (TPSA) is 20.3 Å². The molecule has 0 unspecified atom stereocenters. The number of hydrogen-bond acceptors (Lipinski definition) is 2. The summed E-state index contributed by atoms with van der Waals surface area (Å²) in [6.45, 7) is 6.35. The summed E-state index contributed by atoms with van der Waals surface area (Å²) in [6, 6.07) is 8.37. The number of Topliss-reactive ketones (excluding diaryl/α,β-unsaturated/α-hetero) is 1. The fraction of sp³-hybridized carbons (Fsp3) is 0.500. The van der Waals surface area contributed by atoms with Crippen LogP contribution in [-0.2, 0) is 0 Å². The van der Waals surface area contributed by atoms with Crippen LogP contribution in [0.1, 0.15) is 37.0 Å². The lowest BCUT2D eigenvalue weighted by Crippen LogP contribution is -2.25. The Morgan fingerprint density at radius 1 is 1.29 bits per heavy atom. The van der Waals surface area contributed by atoms with Crippen LogP contribution in [0.3, 0.4) is 0 Å². The molecule has 2 fully saturated rings. The number of benzene rings is 1. The Hall–Kier alpha value is -0.930. The second-order valence-corrected chi connectivity index (χ2v) is 7.42. The Balaban J connectivity index is 1.87. The molecule has 3 atom stereocenters. The monoisotopic (exact) mass is 347 g/mol. The smallest absolute Gasteiger partial charge is 0.167 e. The number of allylic oxidation sites excluding steroid dienone is 1. The minimum Gasteiger partial charge on any atom is -0.299 e. The van der Waals surface area contributed by atoms with Gasteiger partial charge in [-0.15, -0.1) is 0 Å². The van der Waals surface area contributed by atoms with Gasteiger partial charge in [0.1, 0.15) is 0 Å². The van der Waals surface area contributed by atoms with E-state index in [4.69, 9.17) is 0 Å². The molecule has 0 aromatic heterocycles. The van der Waals surface area contributed by atoms with Crippen molar-refractivity contribution in [1.82, 2.24) is 4.90 Å². The van der Waals surface area contributed by atoms with Gasteiger partial charge in [-0.3, -0.25) is 9.69 Å². The summed E-state index contributed by atoms with van der Waals surface area (Å²) in [5.74, 6) is 0.805. The predicted molar refractivity (Wildman–Crippen MR) is 89.5 cm³/mol. The van der Waals surface area contributed by atoms with Crippen molar-refractivity contribution in [3.05, 3.63) is 46.0 Å². The van der Waals surface area contributed by atoms with Gasteiger partial charge in [-0.1, -0.05) is 39.7 Å². The van der Waals surface area contributed by atoms with E-state index >= 15 is 0 Å². The first-order valence-corrected chi connectivity index (χ1v) is 8.54. The Kier molecular flexibility index (Phi) is 4.32. The average Bonchev–Trinajstić information content (AvgIpc) is 3.01. The Morgan fingerprint density at radius 3 is 2.67 bits per heavy atom. The molecule has 0 bridgehead atoms. The van der Waals surface area contributed by atoms with Crippen molar-refractivity contribution in [1.29, 1.82) is 0 Å². The fourth-order valence-corrected chi connectivity index (χ4v) is 4.12. The van der Waals surface area contributed by atoms with E-state index in [9.17, 15) is 4.79 Å². The number of carbonyl (C=O) groups excluding carboxylic acids is 1. The van der Waals surface area contributed by atoms with Crippen molar-refractivity contribution < 1.29 is 4.79 Å². The zero-order valence-corrected chi connectivity index (χ0v) is 14.3. The summed E-state index contributed by atoms with van der Waals surface area (Å²) in [4.78, 5) is 15.4. The molecule has 2 heterocycles. The highest BCUT2D eigenvalue weighted by molar-refractivity contribution is 9.10. The van der Waals surface area contributed by atoms with Crippen LogP contribution < -0.4 is 0 Å². The molecule has 0 saturated carbocycles. The molecule has 0 aliphatic carbocycles. The third kappa shape index (κ3) is 3.00. The van der Waals surface area contributed by atoms with Crippen molar-refractivity contribution in [2.45, 2.75) is 32.7 Å². The molecule has 3 rings (SSSR count). The molecule has 1 aromatic carbocycles. The normalized spacial score (nSPS) is 28.4. The molecular weight excluding hydrogens is 326 g/mol. The van der Waals surface area contributed by atoms with Crippen molar-refractivity contribution in [3.8, 4) is 0 Å². The van der Waals surface area contributed by atoms with E-state index in [2.05, 4.69) is 40.8 Å². The molecule has 2 aliphatic rings. The maximum atomic E-state index is 12.9. The molecule has 0 amide bonds. The van der Waals surface area contributed by atoms with Gasteiger partial charge in [0.25, 0.3) is 0 Å². The molecule has 112 valence electrons. The van der Waals surface area contributed by atoms with E-state index < -0.39 is 0 Å². The average molecular weight is 348 g/mol. The molecule has 21 heavy (non-hydrogen) atoms. The van der Waals surface area contributed by atoms with E-state index in [0.29, 0.717) is 17.7 Å². The number of nitrogens with zero attached hydrogens (tertiary/aromatic N) is 1. The van der Waals surface area contributed by atoms with E-state index in [1.165, 1.54) is 18.4 Å². The van der Waals surface area contributed by atoms with Gasteiger partial charge in [0.05, 0.1) is 0 Å². The summed E-state index contributed by atoms with van der Waals surface area (Å²) in [6.07, 6.45) is 4.84. The van der Waals surface area contributed by atoms with Crippen LogP contribution in [-0.4, -0.2) is 29.8 Å². The fourth-order valence-electron chi connectivity index (χ4n) is 3.86. The van der Waals surface area contributed by atoms with Crippen molar-refractivity contribution >= 4 is 21.7 Å². The van der Waals surface area contributed by atoms with Crippen LogP contribution in [0.5, 0.6) is 0 Å². The minimum absolute atomic E-state index is 0.117. The number of carbonyl (C=O) groups is 1. The summed E-state index contributed by atoms with van der Waals surface area (Å²) < 4.78 is 1.02. The van der Waals surface area contributed by atoms with Crippen LogP contribution in [0.25, 0.3) is 0 Å². The van der Waals surface area contributed by atoms with Gasteiger partial charge in [-0.25, -0.2) is 0 Å². The Labute approximate surface area is 135 Å². The van der Waals surface area contributed by atoms with E-state index in [0.717, 1.165) is 23.1 Å². The van der Waals surface area contributed by atoms with Crippen LogP contribution in [0.4, 0.5) is 0 Å². The first-order valence-electron chi connectivity index (χ1n) is 7.75. The number of hydrogen-bond donors (Lipinski definition) is 0. The Morgan fingerprint density at radius 2 is 2.00 bits per heavy atom. The first-order chi connectivity index (χ1) is 10.1. The standard InChI is InChI=1S/C18H22BrNO/c1-12(2)10-15-16(11-20-9-3-4-17(15)20)18(21)13-5-7-14(19)8-6-13/h5-8,10,15-17H,3-4,9,11H2,1-2H3/t15-,16+,17+/m0/s1. The third-order valence-electron chi connectivity index (χ3n) is 4.75. The zero-order chi connectivity index (χ0) is 15.0. The van der Waals surface area contributed by atoms with E-state index in [-0.39, 0.29) is 5.92 Å². The highest BCUT2D eigenvalue weighted by Gasteiger charge is 2.45. The molecule has 0 radical (unpaired) electrons. The van der Waals surface area contributed by atoms with Crippen LogP contribution >= 0.6 is 15.9 Å². The summed E-state index contributed by atoms with van der Waals surface area (Å²) in [7, 11) is 0. The van der Waals surface area contributed by atoms with Gasteiger partial charge < -0.3 is 0 Å². The SMILES string of the molecule is CC(C)=C[C@@H]1[C@H]2CCCN2C[C@H]1C(=O)c1ccc(Br)cc1. The van der Waals surface area contributed by atoms with Crippen LogP contribution in [0.2, 0.25) is 0 Å². The second-order valence-electron chi connectivity index (χ2n) is 6.50. The molecular formula is C18H22BrNO. The molecule has 2 saturated heterocycles. The number of rotatable bonds is 3.